The van der Waals surface area contributed by atoms with Crippen LogP contribution < -0.4 is 4.71 Å². The molecule has 0 amide bonds. The van der Waals surface area contributed by atoms with Gasteiger partial charge in [0.15, 0.2) is 6.26 Å². The first-order valence-corrected chi connectivity index (χ1v) is 1.73. The normalized spacial score (nSPS) is 8.57. The Kier molecular flexibility index (Phi) is 0.856. The van der Waals surface area contributed by atoms with E-state index in [1.54, 1.807) is 0 Å². The highest BCUT2D eigenvalue weighted by Crippen LogP contribution is 1.65. The van der Waals surface area contributed by atoms with Crippen molar-refractivity contribution in [3.63, 3.8) is 0 Å². The molecule has 1 aromatic rings. The van der Waals surface area contributed by atoms with Crippen LogP contribution in [0.2, 0.25) is 0 Å². The molecule has 1 rings (SSSR count). The lowest BCUT2D eigenvalue weighted by atomic mass is 10.8. The number of hydrogen-bond acceptors (Lipinski definition) is 3. The molecule has 0 spiro atoms. The highest BCUT2D eigenvalue weighted by Gasteiger charge is 1.84. The van der Waals surface area contributed by atoms with Gasteiger partial charge in [0.1, 0.15) is 11.1 Å². The number of rotatable bonds is 0. The topological polar surface area (TPSA) is 49.0 Å². The Hall–Kier alpha value is -1.19. The van der Waals surface area contributed by atoms with Crippen molar-refractivity contribution in [3.05, 3.63) is 23.4 Å². The largest absolute Gasteiger partial charge is 0.394 e. The summed E-state index contributed by atoms with van der Waals surface area (Å²) in [7, 11) is 0. The zero-order valence-corrected chi connectivity index (χ0v) is 3.44. The Balaban J connectivity index is 3.28. The molecular formula is C3H3N2O2+. The van der Waals surface area contributed by atoms with Crippen molar-refractivity contribution in [2.45, 2.75) is 0 Å². The lowest BCUT2D eigenvalue weighted by Gasteiger charge is -1.59. The molecule has 7 heavy (non-hydrogen) atoms. The molecule has 0 fully saturated rings. The van der Waals surface area contributed by atoms with Crippen LogP contribution in [0.3, 0.4) is 0 Å². The SMILES string of the molecule is O=[n+]1nccco1. The molecule has 0 atom stereocenters. The first-order valence-electron chi connectivity index (χ1n) is 1.73. The van der Waals surface area contributed by atoms with Crippen LogP contribution in [0.25, 0.3) is 0 Å². The van der Waals surface area contributed by atoms with Gasteiger partial charge in [0.05, 0.1) is 5.10 Å². The Bertz CT molecular complexity index is 177. The molecule has 0 aliphatic rings. The number of aromatic nitrogens is 2. The van der Waals surface area contributed by atoms with Crippen molar-refractivity contribution in [1.29, 1.82) is 0 Å². The first kappa shape index (κ1) is 3.98. The van der Waals surface area contributed by atoms with Gasteiger partial charge in [-0.1, -0.05) is 0 Å². The molecule has 0 radical (unpaired) electrons. The lowest BCUT2D eigenvalue weighted by Crippen LogP contribution is -2.15. The molecule has 1 aromatic heterocycles. The summed E-state index contributed by atoms with van der Waals surface area (Å²) in [5.74, 6) is 0. The zero-order chi connectivity index (χ0) is 5.11. The van der Waals surface area contributed by atoms with Gasteiger partial charge in [0, 0.05) is 6.07 Å². The molecule has 0 aliphatic carbocycles. The number of hydrogen-bond donors (Lipinski definition) is 0. The Labute approximate surface area is 39.0 Å². The molecule has 0 aromatic carbocycles. The van der Waals surface area contributed by atoms with Crippen LogP contribution in [0.4, 0.5) is 0 Å². The summed E-state index contributed by atoms with van der Waals surface area (Å²) in [5.41, 5.74) is 0. The second-order valence-electron chi connectivity index (χ2n) is 0.936. The highest BCUT2D eigenvalue weighted by molar-refractivity contribution is 4.64. The van der Waals surface area contributed by atoms with Crippen LogP contribution in [-0.4, -0.2) is 5.10 Å². The van der Waals surface area contributed by atoms with Gasteiger partial charge in [-0.3, -0.25) is 0 Å². The lowest BCUT2D eigenvalue weighted by molar-refractivity contribution is -0.760. The van der Waals surface area contributed by atoms with E-state index in [4.69, 9.17) is 0 Å². The molecule has 0 unspecified atom stereocenters. The first-order chi connectivity index (χ1) is 3.39. The maximum atomic E-state index is 9.91. The fraction of sp³-hybridized carbons (Fsp3) is 0. The average Bonchev–Trinajstić information content (AvgIpc) is 1.69. The summed E-state index contributed by atoms with van der Waals surface area (Å²) in [6.07, 6.45) is 2.59. The van der Waals surface area contributed by atoms with E-state index in [0.717, 1.165) is 0 Å². The minimum atomic E-state index is 0.125. The molecule has 1 heterocycles. The van der Waals surface area contributed by atoms with E-state index in [-0.39, 0.29) is 4.71 Å². The third-order valence-electron chi connectivity index (χ3n) is 0.477. The standard InChI is InChI=1S/C3H3N2O2/c6-5-4-2-1-3-7-5/h1-3H/q+1. The fourth-order valence-electron chi connectivity index (χ4n) is 0.242. The van der Waals surface area contributed by atoms with E-state index in [1.165, 1.54) is 18.5 Å². The minimum Gasteiger partial charge on any atom is -0.170 e. The third-order valence-corrected chi connectivity index (χ3v) is 0.477. The molecule has 0 saturated carbocycles. The van der Waals surface area contributed by atoms with Gasteiger partial charge < -0.3 is 0 Å². The van der Waals surface area contributed by atoms with Gasteiger partial charge in [-0.15, -0.1) is 0 Å². The van der Waals surface area contributed by atoms with E-state index in [9.17, 15) is 4.91 Å². The molecule has 0 bridgehead atoms. The fourth-order valence-corrected chi connectivity index (χ4v) is 0.242. The Morgan fingerprint density at radius 3 is 2.86 bits per heavy atom. The predicted octanol–water partition coefficient (Wildman–Crippen LogP) is -0.411. The molecule has 0 N–H and O–H groups in total. The van der Waals surface area contributed by atoms with Gasteiger partial charge in [-0.25, -0.2) is 0 Å². The summed E-state index contributed by atoms with van der Waals surface area (Å²) < 4.78 is 4.30. The van der Waals surface area contributed by atoms with Crippen molar-refractivity contribution in [2.24, 2.45) is 0 Å². The van der Waals surface area contributed by atoms with Crippen molar-refractivity contribution >= 4 is 0 Å². The summed E-state index contributed by atoms with van der Waals surface area (Å²) >= 11 is 0. The van der Waals surface area contributed by atoms with Gasteiger partial charge in [-0.05, 0) is 0 Å². The summed E-state index contributed by atoms with van der Waals surface area (Å²) in [5, 5.41) is 3.17. The number of nitrogens with zero attached hydrogens (tertiary/aromatic N) is 2. The maximum Gasteiger partial charge on any atom is 0.394 e. The second-order valence-corrected chi connectivity index (χ2v) is 0.936. The van der Waals surface area contributed by atoms with E-state index < -0.39 is 0 Å². The van der Waals surface area contributed by atoms with Crippen LogP contribution in [0, 0.1) is 4.91 Å². The second kappa shape index (κ2) is 1.51. The molecule has 0 saturated heterocycles. The quantitative estimate of drug-likeness (QED) is 0.444. The minimum absolute atomic E-state index is 0.125. The van der Waals surface area contributed by atoms with E-state index in [2.05, 4.69) is 9.62 Å². The molecular weight excluding hydrogens is 96.0 g/mol. The summed E-state index contributed by atoms with van der Waals surface area (Å²) in [4.78, 5) is 9.91. The third kappa shape index (κ3) is 0.819. The molecule has 0 aliphatic heterocycles. The van der Waals surface area contributed by atoms with E-state index in [1.807, 2.05) is 0 Å². The molecule has 4 heteroatoms. The van der Waals surface area contributed by atoms with E-state index >= 15 is 0 Å². The van der Waals surface area contributed by atoms with Crippen molar-refractivity contribution in [1.82, 2.24) is 5.10 Å². The monoisotopic (exact) mass is 99.0 g/mol. The van der Waals surface area contributed by atoms with Crippen LogP contribution in [-0.2, 0) is 0 Å². The van der Waals surface area contributed by atoms with Crippen LogP contribution in [0.5, 0.6) is 0 Å². The van der Waals surface area contributed by atoms with Crippen molar-refractivity contribution in [2.75, 3.05) is 0 Å². The van der Waals surface area contributed by atoms with Crippen molar-refractivity contribution in [3.8, 4) is 0 Å². The van der Waals surface area contributed by atoms with Crippen LogP contribution in [0.1, 0.15) is 0 Å². The maximum absolute atomic E-state index is 9.91. The van der Waals surface area contributed by atoms with Crippen LogP contribution in [0.15, 0.2) is 23.0 Å². The zero-order valence-electron chi connectivity index (χ0n) is 3.44. The van der Waals surface area contributed by atoms with Gasteiger partial charge in [-0.2, -0.15) is 4.52 Å². The van der Waals surface area contributed by atoms with Gasteiger partial charge in [0.2, 0.25) is 0 Å². The summed E-state index contributed by atoms with van der Waals surface area (Å²) in [6, 6.07) is 1.52. The Morgan fingerprint density at radius 2 is 2.57 bits per heavy atom. The summed E-state index contributed by atoms with van der Waals surface area (Å²) in [6.45, 7) is 0. The van der Waals surface area contributed by atoms with Crippen molar-refractivity contribution < 1.29 is 9.24 Å². The highest BCUT2D eigenvalue weighted by atomic mass is 16.6. The van der Waals surface area contributed by atoms with Gasteiger partial charge in [0.25, 0.3) is 0 Å². The predicted molar refractivity (Wildman–Crippen MR) is 19.9 cm³/mol. The van der Waals surface area contributed by atoms with Gasteiger partial charge >= 0.3 is 4.71 Å². The Morgan fingerprint density at radius 1 is 1.71 bits per heavy atom. The smallest absolute Gasteiger partial charge is 0.170 e. The van der Waals surface area contributed by atoms with E-state index in [0.29, 0.717) is 0 Å². The molecule has 4 nitrogen and oxygen atoms in total. The average molecular weight is 99.1 g/mol. The molecule has 36 valence electrons. The van der Waals surface area contributed by atoms with Crippen LogP contribution >= 0.6 is 0 Å².